The number of carbonyl (C=O) groups is 2. The molecule has 1 aromatic carbocycles. The molecule has 1 aromatic rings. The van der Waals surface area contributed by atoms with E-state index in [1.807, 2.05) is 0 Å². The lowest BCUT2D eigenvalue weighted by Crippen LogP contribution is -2.37. The van der Waals surface area contributed by atoms with Crippen molar-refractivity contribution in [1.82, 2.24) is 5.32 Å². The van der Waals surface area contributed by atoms with Crippen LogP contribution in [-0.4, -0.2) is 37.3 Å². The van der Waals surface area contributed by atoms with Crippen molar-refractivity contribution in [1.29, 1.82) is 0 Å². The lowest BCUT2D eigenvalue weighted by molar-refractivity contribution is -0.156. The summed E-state index contributed by atoms with van der Waals surface area (Å²) < 4.78 is 46.3. The van der Waals surface area contributed by atoms with Crippen molar-refractivity contribution in [3.63, 3.8) is 0 Å². The van der Waals surface area contributed by atoms with E-state index in [0.717, 1.165) is 4.47 Å². The van der Waals surface area contributed by atoms with Gasteiger partial charge in [-0.05, 0) is 31.2 Å². The molecule has 1 amide bonds. The molecule has 0 bridgehead atoms. The molecule has 0 aliphatic heterocycles. The Bertz CT molecular complexity index is 519. The van der Waals surface area contributed by atoms with Crippen LogP contribution in [0.25, 0.3) is 0 Å². The highest BCUT2D eigenvalue weighted by molar-refractivity contribution is 9.10. The number of halogens is 4. The number of alkyl halides is 3. The van der Waals surface area contributed by atoms with Crippen molar-refractivity contribution in [2.75, 3.05) is 13.2 Å². The first-order valence-corrected chi connectivity index (χ1v) is 6.89. The number of hydrogen-bond donors (Lipinski definition) is 1. The van der Waals surface area contributed by atoms with Crippen LogP contribution in [0.4, 0.5) is 13.2 Å². The minimum Gasteiger partial charge on any atom is -0.479 e. The largest absolute Gasteiger partial charge is 0.479 e. The lowest BCUT2D eigenvalue weighted by Gasteiger charge is -2.14. The third kappa shape index (κ3) is 7.30. The monoisotopic (exact) mass is 383 g/mol. The van der Waals surface area contributed by atoms with Gasteiger partial charge in [-0.15, -0.1) is 0 Å². The van der Waals surface area contributed by atoms with Gasteiger partial charge in [0, 0.05) is 4.47 Å². The summed E-state index contributed by atoms with van der Waals surface area (Å²) in [4.78, 5) is 22.6. The Balaban J connectivity index is 2.35. The van der Waals surface area contributed by atoms with Crippen LogP contribution in [0.3, 0.4) is 0 Å². The molecule has 0 radical (unpaired) electrons. The molecule has 9 heteroatoms. The Morgan fingerprint density at radius 2 is 1.86 bits per heavy atom. The average molecular weight is 384 g/mol. The van der Waals surface area contributed by atoms with Crippen molar-refractivity contribution < 1.29 is 32.2 Å². The summed E-state index contributed by atoms with van der Waals surface area (Å²) in [6.07, 6.45) is -5.52. The molecule has 0 spiro atoms. The summed E-state index contributed by atoms with van der Waals surface area (Å²) in [6, 6.07) is 6.64. The predicted octanol–water partition coefficient (Wildman–Crippen LogP) is 2.44. The number of amides is 1. The van der Waals surface area contributed by atoms with Gasteiger partial charge in [-0.25, -0.2) is 4.79 Å². The van der Waals surface area contributed by atoms with Gasteiger partial charge in [-0.2, -0.15) is 13.2 Å². The highest BCUT2D eigenvalue weighted by Gasteiger charge is 2.28. The quantitative estimate of drug-likeness (QED) is 0.766. The molecule has 0 aliphatic carbocycles. The molecule has 0 fully saturated rings. The molecule has 0 unspecified atom stereocenters. The minimum absolute atomic E-state index is 0.411. The van der Waals surface area contributed by atoms with Gasteiger partial charge in [-0.1, -0.05) is 15.9 Å². The van der Waals surface area contributed by atoms with Crippen molar-refractivity contribution in [2.24, 2.45) is 0 Å². The number of benzene rings is 1. The fraction of sp³-hybridized carbons (Fsp3) is 0.385. The topological polar surface area (TPSA) is 64.6 Å². The smallest absolute Gasteiger partial charge is 0.405 e. The summed E-state index contributed by atoms with van der Waals surface area (Å²) in [5, 5.41) is 1.59. The first-order chi connectivity index (χ1) is 10.2. The number of ether oxygens (including phenoxy) is 2. The van der Waals surface area contributed by atoms with Crippen molar-refractivity contribution in [3.05, 3.63) is 28.7 Å². The molecule has 0 saturated carbocycles. The number of carbonyl (C=O) groups excluding carboxylic acids is 2. The van der Waals surface area contributed by atoms with Crippen LogP contribution in [0.15, 0.2) is 28.7 Å². The van der Waals surface area contributed by atoms with Gasteiger partial charge in [-0.3, -0.25) is 4.79 Å². The zero-order chi connectivity index (χ0) is 16.8. The van der Waals surface area contributed by atoms with E-state index in [0.29, 0.717) is 5.75 Å². The Labute approximate surface area is 132 Å². The maximum Gasteiger partial charge on any atom is 0.405 e. The lowest BCUT2D eigenvalue weighted by atomic mass is 10.3. The van der Waals surface area contributed by atoms with Crippen molar-refractivity contribution >= 4 is 27.8 Å². The fourth-order valence-corrected chi connectivity index (χ4v) is 1.53. The zero-order valence-electron chi connectivity index (χ0n) is 11.4. The van der Waals surface area contributed by atoms with Crippen LogP contribution in [-0.2, 0) is 14.3 Å². The SMILES string of the molecule is C[C@H](Oc1ccc(Br)cc1)C(=O)OCC(=O)NCC(F)(F)F. The van der Waals surface area contributed by atoms with E-state index >= 15 is 0 Å². The molecular weight excluding hydrogens is 371 g/mol. The summed E-state index contributed by atoms with van der Waals surface area (Å²) in [7, 11) is 0. The molecular formula is C13H13BrF3NO4. The number of nitrogens with one attached hydrogen (secondary N) is 1. The standard InChI is InChI=1S/C13H13BrF3NO4/c1-8(22-10-4-2-9(14)3-5-10)12(20)21-6-11(19)18-7-13(15,16)17/h2-5,8H,6-7H2,1H3,(H,18,19)/t8-/m0/s1. The molecule has 1 atom stereocenters. The van der Waals surface area contributed by atoms with Gasteiger partial charge in [0.05, 0.1) is 0 Å². The van der Waals surface area contributed by atoms with E-state index in [2.05, 4.69) is 20.7 Å². The van der Waals surface area contributed by atoms with E-state index in [9.17, 15) is 22.8 Å². The van der Waals surface area contributed by atoms with Gasteiger partial charge in [0.25, 0.3) is 5.91 Å². The summed E-state index contributed by atoms with van der Waals surface area (Å²) in [5.74, 6) is -1.49. The molecule has 0 saturated heterocycles. The zero-order valence-corrected chi connectivity index (χ0v) is 13.0. The van der Waals surface area contributed by atoms with E-state index in [-0.39, 0.29) is 0 Å². The predicted molar refractivity (Wildman–Crippen MR) is 74.3 cm³/mol. The van der Waals surface area contributed by atoms with E-state index in [1.54, 1.807) is 29.6 Å². The Morgan fingerprint density at radius 3 is 2.41 bits per heavy atom. The third-order valence-electron chi connectivity index (χ3n) is 2.29. The molecule has 122 valence electrons. The van der Waals surface area contributed by atoms with Crippen LogP contribution in [0.2, 0.25) is 0 Å². The van der Waals surface area contributed by atoms with E-state index in [4.69, 9.17) is 4.74 Å². The molecule has 5 nitrogen and oxygen atoms in total. The molecule has 1 rings (SSSR count). The normalized spacial score (nSPS) is 12.4. The molecule has 0 heterocycles. The first kappa shape index (κ1) is 18.3. The first-order valence-electron chi connectivity index (χ1n) is 6.09. The average Bonchev–Trinajstić information content (AvgIpc) is 2.44. The van der Waals surface area contributed by atoms with Crippen LogP contribution < -0.4 is 10.1 Å². The van der Waals surface area contributed by atoms with Crippen LogP contribution in [0.5, 0.6) is 5.75 Å². The van der Waals surface area contributed by atoms with Crippen LogP contribution >= 0.6 is 15.9 Å². The summed E-state index contributed by atoms with van der Waals surface area (Å²) >= 11 is 3.24. The maximum absolute atomic E-state index is 11.9. The van der Waals surface area contributed by atoms with Crippen LogP contribution in [0.1, 0.15) is 6.92 Å². The second kappa shape index (κ2) is 8.02. The Hall–Kier alpha value is -1.77. The second-order valence-corrected chi connectivity index (χ2v) is 5.13. The molecule has 22 heavy (non-hydrogen) atoms. The molecule has 0 aliphatic rings. The number of rotatable bonds is 6. The number of hydrogen-bond acceptors (Lipinski definition) is 4. The minimum atomic E-state index is -4.52. The van der Waals surface area contributed by atoms with Crippen LogP contribution in [0, 0.1) is 0 Å². The fourth-order valence-electron chi connectivity index (χ4n) is 1.27. The van der Waals surface area contributed by atoms with Crippen molar-refractivity contribution in [3.8, 4) is 5.75 Å². The number of esters is 1. The molecule has 1 N–H and O–H groups in total. The second-order valence-electron chi connectivity index (χ2n) is 4.21. The molecule has 0 aromatic heterocycles. The highest BCUT2D eigenvalue weighted by atomic mass is 79.9. The highest BCUT2D eigenvalue weighted by Crippen LogP contribution is 2.17. The summed E-state index contributed by atoms with van der Waals surface area (Å²) in [5.41, 5.74) is 0. The Morgan fingerprint density at radius 1 is 1.27 bits per heavy atom. The van der Waals surface area contributed by atoms with Gasteiger partial charge >= 0.3 is 12.1 Å². The summed E-state index contributed by atoms with van der Waals surface area (Å²) in [6.45, 7) is -0.880. The van der Waals surface area contributed by atoms with E-state index in [1.165, 1.54) is 6.92 Å². The van der Waals surface area contributed by atoms with E-state index < -0.39 is 37.3 Å². The third-order valence-corrected chi connectivity index (χ3v) is 2.82. The van der Waals surface area contributed by atoms with Crippen molar-refractivity contribution in [2.45, 2.75) is 19.2 Å². The van der Waals surface area contributed by atoms with Gasteiger partial charge in [0.15, 0.2) is 12.7 Å². The van der Waals surface area contributed by atoms with Gasteiger partial charge in [0.1, 0.15) is 12.3 Å². The Kier molecular flexibility index (Phi) is 6.66. The van der Waals surface area contributed by atoms with Gasteiger partial charge < -0.3 is 14.8 Å². The van der Waals surface area contributed by atoms with Gasteiger partial charge in [0.2, 0.25) is 0 Å². The maximum atomic E-state index is 11.9.